The summed E-state index contributed by atoms with van der Waals surface area (Å²) in [6, 6.07) is 9.70. The van der Waals surface area contributed by atoms with Gasteiger partial charge in [-0.2, -0.15) is 0 Å². The van der Waals surface area contributed by atoms with Gasteiger partial charge in [0.2, 0.25) is 0 Å². The lowest BCUT2D eigenvalue weighted by Gasteiger charge is -2.19. The molecule has 0 unspecified atom stereocenters. The first-order chi connectivity index (χ1) is 7.89. The predicted octanol–water partition coefficient (Wildman–Crippen LogP) is 2.91. The zero-order chi connectivity index (χ0) is 12.6. The molecule has 0 amide bonds. The normalized spacial score (nSPS) is 11.8. The van der Waals surface area contributed by atoms with E-state index in [1.165, 1.54) is 0 Å². The van der Waals surface area contributed by atoms with E-state index >= 15 is 0 Å². The predicted molar refractivity (Wildman–Crippen MR) is 70.2 cm³/mol. The summed E-state index contributed by atoms with van der Waals surface area (Å²) in [4.78, 5) is 11.9. The Balaban J connectivity index is 2.57. The fourth-order valence-corrected chi connectivity index (χ4v) is 1.91. The van der Waals surface area contributed by atoms with E-state index in [0.29, 0.717) is 0 Å². The first-order valence-corrected chi connectivity index (χ1v) is 5.78. The van der Waals surface area contributed by atoms with Crippen LogP contribution in [0, 0.1) is 6.92 Å². The molecule has 3 heteroatoms. The van der Waals surface area contributed by atoms with Gasteiger partial charge in [0.1, 0.15) is 0 Å². The number of aromatic nitrogens is 2. The fraction of sp³-hybridized carbons (Fsp3) is 0.357. The molecule has 3 nitrogen and oxygen atoms in total. The molecule has 1 N–H and O–H groups in total. The molecule has 90 valence electrons. The Bertz CT molecular complexity index is 585. The first kappa shape index (κ1) is 11.7. The van der Waals surface area contributed by atoms with Crippen LogP contribution >= 0.6 is 0 Å². The summed E-state index contributed by atoms with van der Waals surface area (Å²) >= 11 is 0. The maximum absolute atomic E-state index is 11.9. The van der Waals surface area contributed by atoms with Gasteiger partial charge in [0.05, 0.1) is 11.2 Å². The van der Waals surface area contributed by atoms with E-state index in [2.05, 4.69) is 5.10 Å². The summed E-state index contributed by atoms with van der Waals surface area (Å²) in [6.07, 6.45) is 0. The topological polar surface area (TPSA) is 37.8 Å². The molecule has 0 radical (unpaired) electrons. The van der Waals surface area contributed by atoms with Crippen molar-refractivity contribution in [2.24, 2.45) is 0 Å². The fourth-order valence-electron chi connectivity index (χ4n) is 1.91. The first-order valence-electron chi connectivity index (χ1n) is 5.78. The lowest BCUT2D eigenvalue weighted by atomic mass is 10.1. The zero-order valence-electron chi connectivity index (χ0n) is 10.7. The van der Waals surface area contributed by atoms with Gasteiger partial charge in [0, 0.05) is 11.6 Å². The van der Waals surface area contributed by atoms with Gasteiger partial charge in [-0.15, -0.1) is 0 Å². The van der Waals surface area contributed by atoms with Gasteiger partial charge in [-0.1, -0.05) is 24.3 Å². The van der Waals surface area contributed by atoms with Crippen LogP contribution < -0.4 is 5.56 Å². The van der Waals surface area contributed by atoms with Crippen LogP contribution in [0.3, 0.4) is 0 Å². The van der Waals surface area contributed by atoms with Crippen molar-refractivity contribution in [3.63, 3.8) is 0 Å². The van der Waals surface area contributed by atoms with E-state index in [4.69, 9.17) is 0 Å². The molecule has 17 heavy (non-hydrogen) atoms. The Hall–Kier alpha value is -1.77. The van der Waals surface area contributed by atoms with Crippen molar-refractivity contribution in [3.8, 4) is 11.3 Å². The van der Waals surface area contributed by atoms with Crippen LogP contribution in [-0.4, -0.2) is 9.78 Å². The average molecular weight is 230 g/mol. The van der Waals surface area contributed by atoms with E-state index in [1.807, 2.05) is 52.0 Å². The van der Waals surface area contributed by atoms with Crippen molar-refractivity contribution >= 4 is 0 Å². The van der Waals surface area contributed by atoms with Crippen molar-refractivity contribution in [2.75, 3.05) is 0 Å². The Kier molecular flexibility index (Phi) is 2.69. The number of aryl methyl sites for hydroxylation is 1. The molecule has 0 aliphatic heterocycles. The molecular weight excluding hydrogens is 212 g/mol. The monoisotopic (exact) mass is 230 g/mol. The van der Waals surface area contributed by atoms with E-state index in [1.54, 1.807) is 10.7 Å². The van der Waals surface area contributed by atoms with Gasteiger partial charge in [-0.3, -0.25) is 9.89 Å². The van der Waals surface area contributed by atoms with E-state index in [9.17, 15) is 4.79 Å². The Morgan fingerprint density at radius 2 is 1.82 bits per heavy atom. The highest BCUT2D eigenvalue weighted by Gasteiger charge is 2.17. The second-order valence-electron chi connectivity index (χ2n) is 5.33. The third-order valence-corrected chi connectivity index (χ3v) is 2.83. The van der Waals surface area contributed by atoms with Gasteiger partial charge in [-0.25, -0.2) is 4.68 Å². The standard InChI is InChI=1S/C14H18N2O/c1-10-7-5-6-8-11(10)12-9-13(17)16(15-12)14(2,3)4/h5-9,15H,1-4H3. The SMILES string of the molecule is Cc1ccccc1-c1cc(=O)n(C(C)(C)C)[nH]1. The molecule has 2 aromatic rings. The van der Waals surface area contributed by atoms with Crippen LogP contribution in [0.5, 0.6) is 0 Å². The van der Waals surface area contributed by atoms with Gasteiger partial charge >= 0.3 is 0 Å². The number of hydrogen-bond donors (Lipinski definition) is 1. The zero-order valence-corrected chi connectivity index (χ0v) is 10.7. The van der Waals surface area contributed by atoms with Gasteiger partial charge in [0.25, 0.3) is 5.56 Å². The van der Waals surface area contributed by atoms with Crippen LogP contribution in [0.15, 0.2) is 35.1 Å². The summed E-state index contributed by atoms with van der Waals surface area (Å²) in [5.41, 5.74) is 2.90. The van der Waals surface area contributed by atoms with Crippen molar-refractivity contribution in [3.05, 3.63) is 46.2 Å². The van der Waals surface area contributed by atoms with Crippen LogP contribution in [0.4, 0.5) is 0 Å². The molecular formula is C14H18N2O. The minimum absolute atomic E-state index is 0.00996. The molecule has 1 heterocycles. The third-order valence-electron chi connectivity index (χ3n) is 2.83. The Morgan fingerprint density at radius 1 is 1.18 bits per heavy atom. The van der Waals surface area contributed by atoms with E-state index in [-0.39, 0.29) is 11.1 Å². The summed E-state index contributed by atoms with van der Waals surface area (Å²) in [5.74, 6) is 0. The Morgan fingerprint density at radius 3 is 2.35 bits per heavy atom. The van der Waals surface area contributed by atoms with Gasteiger partial charge in [-0.05, 0) is 33.3 Å². The largest absolute Gasteiger partial charge is 0.294 e. The second kappa shape index (κ2) is 3.91. The van der Waals surface area contributed by atoms with Crippen molar-refractivity contribution < 1.29 is 0 Å². The average Bonchev–Trinajstić information content (AvgIpc) is 2.60. The minimum Gasteiger partial charge on any atom is -0.294 e. The highest BCUT2D eigenvalue weighted by atomic mass is 16.1. The molecule has 2 rings (SSSR count). The van der Waals surface area contributed by atoms with Crippen molar-refractivity contribution in [1.29, 1.82) is 0 Å². The summed E-state index contributed by atoms with van der Waals surface area (Å²) in [6.45, 7) is 8.06. The van der Waals surface area contributed by atoms with Gasteiger partial charge in [0.15, 0.2) is 0 Å². The molecule has 0 bridgehead atoms. The number of H-pyrrole nitrogens is 1. The quantitative estimate of drug-likeness (QED) is 0.803. The highest BCUT2D eigenvalue weighted by Crippen LogP contribution is 2.21. The molecule has 0 saturated heterocycles. The van der Waals surface area contributed by atoms with Crippen molar-refractivity contribution in [1.82, 2.24) is 9.78 Å². The second-order valence-corrected chi connectivity index (χ2v) is 5.33. The maximum Gasteiger partial charge on any atom is 0.267 e. The third kappa shape index (κ3) is 2.18. The molecule has 1 aromatic carbocycles. The summed E-state index contributed by atoms with van der Waals surface area (Å²) < 4.78 is 1.66. The number of benzene rings is 1. The number of rotatable bonds is 1. The molecule has 0 saturated carbocycles. The summed E-state index contributed by atoms with van der Waals surface area (Å²) in [5, 5.41) is 3.18. The lowest BCUT2D eigenvalue weighted by molar-refractivity contribution is 0.346. The molecule has 1 aromatic heterocycles. The molecule has 0 spiro atoms. The minimum atomic E-state index is -0.224. The van der Waals surface area contributed by atoms with Crippen LogP contribution in [0.25, 0.3) is 11.3 Å². The summed E-state index contributed by atoms with van der Waals surface area (Å²) in [7, 11) is 0. The maximum atomic E-state index is 11.9. The number of aromatic amines is 1. The number of nitrogens with zero attached hydrogens (tertiary/aromatic N) is 1. The molecule has 0 fully saturated rings. The Labute approximate surface area is 101 Å². The van der Waals surface area contributed by atoms with Crippen LogP contribution in [0.1, 0.15) is 26.3 Å². The molecule has 0 atom stereocenters. The molecule has 0 aliphatic carbocycles. The van der Waals surface area contributed by atoms with E-state index < -0.39 is 0 Å². The van der Waals surface area contributed by atoms with Crippen molar-refractivity contribution in [2.45, 2.75) is 33.2 Å². The lowest BCUT2D eigenvalue weighted by Crippen LogP contribution is -2.32. The highest BCUT2D eigenvalue weighted by molar-refractivity contribution is 5.62. The van der Waals surface area contributed by atoms with Crippen LogP contribution in [0.2, 0.25) is 0 Å². The number of nitrogens with one attached hydrogen (secondary N) is 1. The van der Waals surface area contributed by atoms with E-state index in [0.717, 1.165) is 16.8 Å². The molecule has 0 aliphatic rings. The van der Waals surface area contributed by atoms with Crippen LogP contribution in [-0.2, 0) is 5.54 Å². The smallest absolute Gasteiger partial charge is 0.267 e. The van der Waals surface area contributed by atoms with Gasteiger partial charge < -0.3 is 0 Å². The number of hydrogen-bond acceptors (Lipinski definition) is 1.